The maximum absolute atomic E-state index is 12.9. The van der Waals surface area contributed by atoms with Gasteiger partial charge in [0, 0.05) is 36.7 Å². The molecule has 2 aliphatic rings. The first-order chi connectivity index (χ1) is 13.9. The molecule has 1 aromatic heterocycles. The minimum absolute atomic E-state index is 0.0764. The Morgan fingerprint density at radius 3 is 2.66 bits per heavy atom. The molecule has 2 aliphatic heterocycles. The third-order valence-corrected chi connectivity index (χ3v) is 6.24. The first-order valence-electron chi connectivity index (χ1n) is 10.5. The lowest BCUT2D eigenvalue weighted by Crippen LogP contribution is -2.41. The molecule has 0 N–H and O–H groups in total. The highest BCUT2D eigenvalue weighted by molar-refractivity contribution is 6.21. The number of carbonyl (C=O) groups is 3. The number of amides is 4. The molecule has 1 aromatic carbocycles. The smallest absolute Gasteiger partial charge is 0.332 e. The number of hydrogen-bond acceptors (Lipinski definition) is 3. The second-order valence-electron chi connectivity index (χ2n) is 8.05. The summed E-state index contributed by atoms with van der Waals surface area (Å²) in [4.78, 5) is 43.1. The van der Waals surface area contributed by atoms with E-state index in [0.717, 1.165) is 23.7 Å². The molecule has 7 nitrogen and oxygen atoms in total. The molecular weight excluding hydrogens is 368 g/mol. The number of likely N-dealkylation sites (N-methyl/N-ethyl adjacent to an activating group) is 1. The number of hydrogen-bond donors (Lipinski definition) is 0. The zero-order valence-electron chi connectivity index (χ0n) is 17.3. The Bertz CT molecular complexity index is 962. The van der Waals surface area contributed by atoms with Gasteiger partial charge in [-0.05, 0) is 56.9 Å². The van der Waals surface area contributed by atoms with E-state index in [1.165, 1.54) is 4.90 Å². The quantitative estimate of drug-likeness (QED) is 0.730. The Kier molecular flexibility index (Phi) is 5.06. The number of piperidine rings is 1. The van der Waals surface area contributed by atoms with E-state index in [-0.39, 0.29) is 30.4 Å². The fourth-order valence-electron chi connectivity index (χ4n) is 4.50. The Balaban J connectivity index is 1.60. The first kappa shape index (κ1) is 19.5. The van der Waals surface area contributed by atoms with Crippen molar-refractivity contribution >= 4 is 34.4 Å². The predicted molar refractivity (Wildman–Crippen MR) is 112 cm³/mol. The van der Waals surface area contributed by atoms with Gasteiger partial charge in [0.05, 0.1) is 5.69 Å². The third kappa shape index (κ3) is 3.28. The van der Waals surface area contributed by atoms with E-state index in [9.17, 15) is 14.4 Å². The van der Waals surface area contributed by atoms with Gasteiger partial charge in [-0.3, -0.25) is 9.59 Å². The number of anilines is 1. The lowest BCUT2D eigenvalue weighted by Gasteiger charge is -2.30. The van der Waals surface area contributed by atoms with Crippen LogP contribution in [0.5, 0.6) is 0 Å². The van der Waals surface area contributed by atoms with Crippen molar-refractivity contribution in [1.29, 1.82) is 0 Å². The minimum atomic E-state index is -0.335. The van der Waals surface area contributed by atoms with E-state index in [2.05, 4.69) is 6.92 Å². The Labute approximate surface area is 170 Å². The second kappa shape index (κ2) is 7.54. The van der Waals surface area contributed by atoms with Crippen LogP contribution in [0.25, 0.3) is 10.9 Å². The monoisotopic (exact) mass is 396 g/mol. The number of carbonyl (C=O) groups excluding carboxylic acids is 3. The average molecular weight is 396 g/mol. The summed E-state index contributed by atoms with van der Waals surface area (Å²) in [6.07, 6.45) is 3.55. The Hall–Kier alpha value is -2.83. The van der Waals surface area contributed by atoms with Gasteiger partial charge in [-0.15, -0.1) is 0 Å². The van der Waals surface area contributed by atoms with Gasteiger partial charge in [-0.25, -0.2) is 9.69 Å². The van der Waals surface area contributed by atoms with Crippen LogP contribution in [-0.4, -0.2) is 57.9 Å². The summed E-state index contributed by atoms with van der Waals surface area (Å²) in [6.45, 7) is 8.37. The zero-order valence-corrected chi connectivity index (χ0v) is 17.3. The largest absolute Gasteiger partial charge is 0.342 e. The molecule has 7 heteroatoms. The number of rotatable bonds is 5. The standard InChI is InChI=1S/C22H28N4O3/c1-4-23(5-2)20(27)14-24-10-9-16-13-17(6-7-18(16)24)26-21(28)19-12-15(3)8-11-25(19)22(26)29/h6-7,9-10,13,15,19H,4-5,8,11-12,14H2,1-3H3/t15-,19-/m0/s1. The lowest BCUT2D eigenvalue weighted by molar-refractivity contribution is -0.131. The van der Waals surface area contributed by atoms with Crippen LogP contribution in [0, 0.1) is 5.92 Å². The number of fused-ring (bicyclic) bond motifs is 2. The van der Waals surface area contributed by atoms with Gasteiger partial charge in [-0.2, -0.15) is 0 Å². The van der Waals surface area contributed by atoms with Crippen molar-refractivity contribution in [1.82, 2.24) is 14.4 Å². The summed E-state index contributed by atoms with van der Waals surface area (Å²) >= 11 is 0. The molecule has 3 heterocycles. The van der Waals surface area contributed by atoms with Crippen LogP contribution < -0.4 is 4.90 Å². The fourth-order valence-corrected chi connectivity index (χ4v) is 4.50. The molecule has 4 rings (SSSR count). The normalized spacial score (nSPS) is 21.8. The molecule has 0 spiro atoms. The van der Waals surface area contributed by atoms with Gasteiger partial charge in [0.2, 0.25) is 5.91 Å². The average Bonchev–Trinajstić information content (AvgIpc) is 3.21. The van der Waals surface area contributed by atoms with Crippen molar-refractivity contribution in [3.8, 4) is 0 Å². The van der Waals surface area contributed by atoms with Crippen LogP contribution in [0.15, 0.2) is 30.5 Å². The highest BCUT2D eigenvalue weighted by Gasteiger charge is 2.47. The molecule has 4 amide bonds. The van der Waals surface area contributed by atoms with E-state index in [4.69, 9.17) is 0 Å². The zero-order chi connectivity index (χ0) is 20.7. The number of aromatic nitrogens is 1. The molecule has 2 saturated heterocycles. The van der Waals surface area contributed by atoms with Crippen LogP contribution in [0.3, 0.4) is 0 Å². The van der Waals surface area contributed by atoms with Gasteiger partial charge in [0.1, 0.15) is 12.6 Å². The summed E-state index contributed by atoms with van der Waals surface area (Å²) in [5.74, 6) is 0.400. The number of benzene rings is 1. The second-order valence-corrected chi connectivity index (χ2v) is 8.05. The molecule has 154 valence electrons. The summed E-state index contributed by atoms with van der Waals surface area (Å²) in [5.41, 5.74) is 1.52. The summed E-state index contributed by atoms with van der Waals surface area (Å²) in [6, 6.07) is 6.93. The lowest BCUT2D eigenvalue weighted by atomic mass is 9.93. The summed E-state index contributed by atoms with van der Waals surface area (Å²) in [5, 5.41) is 0.911. The molecule has 29 heavy (non-hydrogen) atoms. The topological polar surface area (TPSA) is 65.9 Å². The van der Waals surface area contributed by atoms with E-state index in [1.54, 1.807) is 15.9 Å². The minimum Gasteiger partial charge on any atom is -0.342 e. The third-order valence-electron chi connectivity index (χ3n) is 6.24. The van der Waals surface area contributed by atoms with Crippen molar-refractivity contribution in [3.05, 3.63) is 30.5 Å². The van der Waals surface area contributed by atoms with Crippen LogP contribution in [0.4, 0.5) is 10.5 Å². The fraction of sp³-hybridized carbons (Fsp3) is 0.500. The number of imide groups is 1. The maximum Gasteiger partial charge on any atom is 0.332 e. The van der Waals surface area contributed by atoms with Crippen LogP contribution in [-0.2, 0) is 16.1 Å². The Morgan fingerprint density at radius 1 is 1.17 bits per heavy atom. The summed E-state index contributed by atoms with van der Waals surface area (Å²) < 4.78 is 1.92. The van der Waals surface area contributed by atoms with Crippen molar-refractivity contribution in [2.75, 3.05) is 24.5 Å². The predicted octanol–water partition coefficient (Wildman–Crippen LogP) is 3.08. The van der Waals surface area contributed by atoms with Gasteiger partial charge in [-0.1, -0.05) is 6.92 Å². The number of nitrogens with zero attached hydrogens (tertiary/aromatic N) is 4. The molecule has 2 atom stereocenters. The van der Waals surface area contributed by atoms with Crippen molar-refractivity contribution < 1.29 is 14.4 Å². The van der Waals surface area contributed by atoms with Gasteiger partial charge in [0.15, 0.2) is 0 Å². The van der Waals surface area contributed by atoms with E-state index < -0.39 is 0 Å². The molecule has 0 radical (unpaired) electrons. The molecule has 2 fully saturated rings. The van der Waals surface area contributed by atoms with E-state index >= 15 is 0 Å². The van der Waals surface area contributed by atoms with E-state index in [1.807, 2.05) is 42.8 Å². The SMILES string of the molecule is CCN(CC)C(=O)Cn1ccc2cc(N3C(=O)[C@@H]4C[C@@H](C)CCN4C3=O)ccc21. The van der Waals surface area contributed by atoms with Crippen LogP contribution in [0.2, 0.25) is 0 Å². The van der Waals surface area contributed by atoms with Crippen molar-refractivity contribution in [2.45, 2.75) is 46.2 Å². The van der Waals surface area contributed by atoms with Gasteiger partial charge < -0.3 is 14.4 Å². The maximum atomic E-state index is 12.9. The molecule has 0 saturated carbocycles. The van der Waals surface area contributed by atoms with Crippen LogP contribution in [0.1, 0.15) is 33.6 Å². The molecule has 0 aliphatic carbocycles. The summed E-state index contributed by atoms with van der Waals surface area (Å²) in [7, 11) is 0. The Morgan fingerprint density at radius 2 is 1.93 bits per heavy atom. The van der Waals surface area contributed by atoms with Gasteiger partial charge >= 0.3 is 6.03 Å². The van der Waals surface area contributed by atoms with Crippen molar-refractivity contribution in [2.24, 2.45) is 5.92 Å². The van der Waals surface area contributed by atoms with Crippen molar-refractivity contribution in [3.63, 3.8) is 0 Å². The molecule has 2 aromatic rings. The van der Waals surface area contributed by atoms with Gasteiger partial charge in [0.25, 0.3) is 5.91 Å². The van der Waals surface area contributed by atoms with E-state index in [0.29, 0.717) is 31.2 Å². The molecule has 0 unspecified atom stereocenters. The first-order valence-corrected chi connectivity index (χ1v) is 10.5. The molecular formula is C22H28N4O3. The van der Waals surface area contributed by atoms with Crippen LogP contribution >= 0.6 is 0 Å². The number of urea groups is 1. The highest BCUT2D eigenvalue weighted by Crippen LogP contribution is 2.34. The molecule has 0 bridgehead atoms. The highest BCUT2D eigenvalue weighted by atomic mass is 16.2.